The van der Waals surface area contributed by atoms with Gasteiger partial charge in [0.15, 0.2) is 5.82 Å². The first-order valence-corrected chi connectivity index (χ1v) is 5.93. The second kappa shape index (κ2) is 4.79. The van der Waals surface area contributed by atoms with Crippen molar-refractivity contribution in [1.29, 1.82) is 0 Å². The van der Waals surface area contributed by atoms with E-state index >= 15 is 0 Å². The number of rotatable bonds is 3. The summed E-state index contributed by atoms with van der Waals surface area (Å²) in [5.74, 6) is 0.858. The summed E-state index contributed by atoms with van der Waals surface area (Å²) >= 11 is 0. The number of aromatic nitrogens is 2. The SMILES string of the molecule is CC(C)C1(C(=O)Nc2cnccn2)CCNC1. The zero-order chi connectivity index (χ0) is 12.3. The van der Waals surface area contributed by atoms with Crippen LogP contribution in [0.5, 0.6) is 0 Å². The Morgan fingerprint density at radius 2 is 2.35 bits per heavy atom. The predicted molar refractivity (Wildman–Crippen MR) is 65.4 cm³/mol. The van der Waals surface area contributed by atoms with Crippen molar-refractivity contribution in [1.82, 2.24) is 15.3 Å². The molecule has 92 valence electrons. The molecule has 0 bridgehead atoms. The Hall–Kier alpha value is -1.49. The number of anilines is 1. The molecular formula is C12H18N4O. The third kappa shape index (κ3) is 2.29. The lowest BCUT2D eigenvalue weighted by atomic mass is 9.75. The Bertz CT molecular complexity index is 385. The van der Waals surface area contributed by atoms with E-state index in [-0.39, 0.29) is 11.3 Å². The standard InChI is InChI=1S/C12H18N4O/c1-9(2)12(3-4-14-8-12)11(17)16-10-7-13-5-6-15-10/h5-7,9,14H,3-4,8H2,1-2H3,(H,15,16,17). The Labute approximate surface area is 101 Å². The first kappa shape index (κ1) is 12.0. The number of nitrogens with one attached hydrogen (secondary N) is 2. The molecule has 1 aromatic rings. The van der Waals surface area contributed by atoms with E-state index < -0.39 is 0 Å². The maximum absolute atomic E-state index is 12.4. The monoisotopic (exact) mass is 234 g/mol. The number of carbonyl (C=O) groups excluding carboxylic acids is 1. The van der Waals surface area contributed by atoms with Crippen LogP contribution in [-0.4, -0.2) is 29.0 Å². The Kier molecular flexibility index (Phi) is 3.38. The molecule has 1 fully saturated rings. The highest BCUT2D eigenvalue weighted by atomic mass is 16.2. The second-order valence-electron chi connectivity index (χ2n) is 4.78. The summed E-state index contributed by atoms with van der Waals surface area (Å²) in [5.41, 5.74) is -0.322. The lowest BCUT2D eigenvalue weighted by molar-refractivity contribution is -0.126. The molecule has 5 heteroatoms. The molecule has 1 unspecified atom stereocenters. The van der Waals surface area contributed by atoms with Crippen molar-refractivity contribution in [2.45, 2.75) is 20.3 Å². The fourth-order valence-corrected chi connectivity index (χ4v) is 2.26. The van der Waals surface area contributed by atoms with Crippen LogP contribution in [0.25, 0.3) is 0 Å². The lowest BCUT2D eigenvalue weighted by Gasteiger charge is -2.30. The van der Waals surface area contributed by atoms with Crippen molar-refractivity contribution in [2.75, 3.05) is 18.4 Å². The van der Waals surface area contributed by atoms with E-state index in [1.165, 1.54) is 0 Å². The quantitative estimate of drug-likeness (QED) is 0.820. The van der Waals surface area contributed by atoms with Crippen LogP contribution in [0.3, 0.4) is 0 Å². The average Bonchev–Trinajstić information content (AvgIpc) is 2.80. The van der Waals surface area contributed by atoms with E-state index in [9.17, 15) is 4.79 Å². The molecule has 1 aromatic heterocycles. The molecule has 2 heterocycles. The first-order valence-electron chi connectivity index (χ1n) is 5.93. The maximum atomic E-state index is 12.4. The average molecular weight is 234 g/mol. The minimum Gasteiger partial charge on any atom is -0.316 e. The van der Waals surface area contributed by atoms with Gasteiger partial charge in [0, 0.05) is 18.9 Å². The molecule has 1 aliphatic rings. The van der Waals surface area contributed by atoms with Gasteiger partial charge < -0.3 is 10.6 Å². The molecule has 0 aliphatic carbocycles. The van der Waals surface area contributed by atoms with Gasteiger partial charge in [-0.15, -0.1) is 0 Å². The van der Waals surface area contributed by atoms with Crippen molar-refractivity contribution >= 4 is 11.7 Å². The summed E-state index contributed by atoms with van der Waals surface area (Å²) in [6, 6.07) is 0. The Balaban J connectivity index is 2.13. The molecule has 0 spiro atoms. The normalized spacial score (nSPS) is 23.9. The predicted octanol–water partition coefficient (Wildman–Crippen LogP) is 1.05. The third-order valence-corrected chi connectivity index (χ3v) is 3.55. The molecule has 17 heavy (non-hydrogen) atoms. The smallest absolute Gasteiger partial charge is 0.233 e. The molecule has 2 N–H and O–H groups in total. The van der Waals surface area contributed by atoms with Gasteiger partial charge in [-0.2, -0.15) is 0 Å². The van der Waals surface area contributed by atoms with Gasteiger partial charge in [0.25, 0.3) is 0 Å². The topological polar surface area (TPSA) is 66.9 Å². The van der Waals surface area contributed by atoms with Crippen molar-refractivity contribution < 1.29 is 4.79 Å². The van der Waals surface area contributed by atoms with Crippen LogP contribution in [0.4, 0.5) is 5.82 Å². The van der Waals surface area contributed by atoms with Crippen LogP contribution in [0.2, 0.25) is 0 Å². The minimum absolute atomic E-state index is 0.0398. The highest BCUT2D eigenvalue weighted by molar-refractivity contribution is 5.95. The van der Waals surface area contributed by atoms with E-state index in [0.717, 1.165) is 19.5 Å². The van der Waals surface area contributed by atoms with Crippen molar-refractivity contribution in [3.63, 3.8) is 0 Å². The summed E-state index contributed by atoms with van der Waals surface area (Å²) < 4.78 is 0. The number of hydrogen-bond acceptors (Lipinski definition) is 4. The summed E-state index contributed by atoms with van der Waals surface area (Å²) in [7, 11) is 0. The fourth-order valence-electron chi connectivity index (χ4n) is 2.26. The molecule has 1 aliphatic heterocycles. The van der Waals surface area contributed by atoms with E-state index in [0.29, 0.717) is 11.7 Å². The highest BCUT2D eigenvalue weighted by Gasteiger charge is 2.43. The zero-order valence-electron chi connectivity index (χ0n) is 10.2. The third-order valence-electron chi connectivity index (χ3n) is 3.55. The Morgan fingerprint density at radius 3 is 2.88 bits per heavy atom. The van der Waals surface area contributed by atoms with Gasteiger partial charge in [-0.05, 0) is 18.9 Å². The first-order chi connectivity index (χ1) is 8.15. The van der Waals surface area contributed by atoms with Gasteiger partial charge in [-0.25, -0.2) is 4.98 Å². The second-order valence-corrected chi connectivity index (χ2v) is 4.78. The summed E-state index contributed by atoms with van der Waals surface area (Å²) in [6.07, 6.45) is 5.60. The van der Waals surface area contributed by atoms with E-state index in [4.69, 9.17) is 0 Å². The molecule has 1 atom stereocenters. The molecule has 1 amide bonds. The van der Waals surface area contributed by atoms with E-state index in [1.54, 1.807) is 18.6 Å². The van der Waals surface area contributed by atoms with Gasteiger partial charge in [0.2, 0.25) is 5.91 Å². The molecular weight excluding hydrogens is 216 g/mol. The van der Waals surface area contributed by atoms with Crippen molar-refractivity contribution in [3.05, 3.63) is 18.6 Å². The summed E-state index contributed by atoms with van der Waals surface area (Å²) in [4.78, 5) is 20.4. The van der Waals surface area contributed by atoms with Crippen LogP contribution in [0, 0.1) is 11.3 Å². The lowest BCUT2D eigenvalue weighted by Crippen LogP contribution is -2.42. The van der Waals surface area contributed by atoms with Gasteiger partial charge in [-0.1, -0.05) is 13.8 Å². The Morgan fingerprint density at radius 1 is 1.53 bits per heavy atom. The van der Waals surface area contributed by atoms with Crippen LogP contribution < -0.4 is 10.6 Å². The number of amides is 1. The molecule has 0 aromatic carbocycles. The van der Waals surface area contributed by atoms with E-state index in [2.05, 4.69) is 34.4 Å². The van der Waals surface area contributed by atoms with Gasteiger partial charge >= 0.3 is 0 Å². The fraction of sp³-hybridized carbons (Fsp3) is 0.583. The largest absolute Gasteiger partial charge is 0.316 e. The summed E-state index contributed by atoms with van der Waals surface area (Å²) in [5, 5.41) is 6.12. The van der Waals surface area contributed by atoms with Gasteiger partial charge in [0.1, 0.15) is 0 Å². The molecule has 2 rings (SSSR count). The highest BCUT2D eigenvalue weighted by Crippen LogP contribution is 2.35. The molecule has 0 saturated carbocycles. The van der Waals surface area contributed by atoms with Crippen LogP contribution in [0.1, 0.15) is 20.3 Å². The van der Waals surface area contributed by atoms with Gasteiger partial charge in [0.05, 0.1) is 11.6 Å². The molecule has 0 radical (unpaired) electrons. The minimum atomic E-state index is -0.322. The molecule has 1 saturated heterocycles. The number of hydrogen-bond donors (Lipinski definition) is 2. The number of carbonyl (C=O) groups is 1. The van der Waals surface area contributed by atoms with Crippen LogP contribution in [0.15, 0.2) is 18.6 Å². The zero-order valence-corrected chi connectivity index (χ0v) is 10.2. The van der Waals surface area contributed by atoms with Crippen LogP contribution >= 0.6 is 0 Å². The van der Waals surface area contributed by atoms with Crippen LogP contribution in [-0.2, 0) is 4.79 Å². The van der Waals surface area contributed by atoms with E-state index in [1.807, 2.05) is 0 Å². The number of nitrogens with zero attached hydrogens (tertiary/aromatic N) is 2. The molecule has 5 nitrogen and oxygen atoms in total. The summed E-state index contributed by atoms with van der Waals surface area (Å²) in [6.45, 7) is 5.80. The van der Waals surface area contributed by atoms with Crippen molar-refractivity contribution in [2.24, 2.45) is 11.3 Å². The van der Waals surface area contributed by atoms with Gasteiger partial charge in [-0.3, -0.25) is 9.78 Å². The maximum Gasteiger partial charge on any atom is 0.233 e. The van der Waals surface area contributed by atoms with Crippen molar-refractivity contribution in [3.8, 4) is 0 Å².